The molecular formula is C12H18N6O. The van der Waals surface area contributed by atoms with E-state index in [0.717, 1.165) is 12.1 Å². The van der Waals surface area contributed by atoms with Crippen LogP contribution in [0.25, 0.3) is 0 Å². The van der Waals surface area contributed by atoms with Gasteiger partial charge in [0.25, 0.3) is 0 Å². The molecule has 0 saturated heterocycles. The van der Waals surface area contributed by atoms with Crippen molar-refractivity contribution in [3.8, 4) is 11.6 Å². The minimum atomic E-state index is 0.496. The summed E-state index contributed by atoms with van der Waals surface area (Å²) in [7, 11) is 0. The van der Waals surface area contributed by atoms with E-state index in [1.807, 2.05) is 27.0 Å². The highest BCUT2D eigenvalue weighted by atomic mass is 16.5. The first kappa shape index (κ1) is 13.3. The van der Waals surface area contributed by atoms with E-state index < -0.39 is 0 Å². The number of nitrogens with two attached hydrogens (primary N) is 1. The van der Waals surface area contributed by atoms with E-state index in [-0.39, 0.29) is 0 Å². The van der Waals surface area contributed by atoms with Crippen molar-refractivity contribution in [2.75, 3.05) is 5.43 Å². The smallest absolute Gasteiger partial charge is 0.227 e. The Morgan fingerprint density at radius 3 is 2.74 bits per heavy atom. The number of aryl methyl sites for hydroxylation is 2. The van der Waals surface area contributed by atoms with Crippen LogP contribution in [0.3, 0.4) is 0 Å². The van der Waals surface area contributed by atoms with E-state index in [1.165, 1.54) is 0 Å². The van der Waals surface area contributed by atoms with Gasteiger partial charge in [0.1, 0.15) is 11.6 Å². The molecule has 7 nitrogen and oxygen atoms in total. The maximum atomic E-state index is 5.75. The monoisotopic (exact) mass is 262 g/mol. The molecule has 19 heavy (non-hydrogen) atoms. The van der Waals surface area contributed by atoms with Crippen molar-refractivity contribution in [1.82, 2.24) is 19.7 Å². The number of nitrogens with one attached hydrogen (secondary N) is 1. The molecule has 102 valence electrons. The first-order valence-corrected chi connectivity index (χ1v) is 6.22. The molecule has 0 aliphatic rings. The van der Waals surface area contributed by atoms with Crippen LogP contribution in [-0.4, -0.2) is 19.7 Å². The van der Waals surface area contributed by atoms with Crippen LogP contribution in [0.2, 0.25) is 0 Å². The van der Waals surface area contributed by atoms with Crippen LogP contribution in [0.1, 0.15) is 25.2 Å². The quantitative estimate of drug-likeness (QED) is 0.629. The second-order valence-corrected chi connectivity index (χ2v) is 4.05. The number of rotatable bonds is 5. The summed E-state index contributed by atoms with van der Waals surface area (Å²) in [6.45, 7) is 6.64. The second-order valence-electron chi connectivity index (χ2n) is 4.05. The molecule has 0 unspecified atom stereocenters. The lowest BCUT2D eigenvalue weighted by molar-refractivity contribution is 0.454. The summed E-state index contributed by atoms with van der Waals surface area (Å²) in [6.07, 6.45) is 4.19. The molecule has 0 radical (unpaired) electrons. The van der Waals surface area contributed by atoms with E-state index in [9.17, 15) is 0 Å². The lowest BCUT2D eigenvalue weighted by atomic mass is 10.3. The Morgan fingerprint density at radius 1 is 1.37 bits per heavy atom. The fourth-order valence-electron chi connectivity index (χ4n) is 1.62. The Kier molecular flexibility index (Phi) is 3.96. The van der Waals surface area contributed by atoms with Gasteiger partial charge in [-0.3, -0.25) is 4.68 Å². The molecule has 0 atom stereocenters. The normalized spacial score (nSPS) is 10.5. The van der Waals surface area contributed by atoms with Crippen LogP contribution < -0.4 is 16.0 Å². The van der Waals surface area contributed by atoms with E-state index in [0.29, 0.717) is 29.7 Å². The van der Waals surface area contributed by atoms with Crippen molar-refractivity contribution in [3.63, 3.8) is 0 Å². The standard InChI is InChI=1S/C12H18N6O/c1-4-10-15-11(17-13)8(3)12(16-10)19-9-6-14-18(5-2)7-9/h6-7H,4-5,13H2,1-3H3,(H,15,16,17). The number of hydrogen-bond acceptors (Lipinski definition) is 6. The van der Waals surface area contributed by atoms with Gasteiger partial charge in [-0.1, -0.05) is 6.92 Å². The molecule has 7 heteroatoms. The van der Waals surface area contributed by atoms with Crippen molar-refractivity contribution in [2.45, 2.75) is 33.7 Å². The van der Waals surface area contributed by atoms with Gasteiger partial charge in [-0.15, -0.1) is 0 Å². The molecule has 2 rings (SSSR count). The maximum Gasteiger partial charge on any atom is 0.227 e. The van der Waals surface area contributed by atoms with Crippen LogP contribution in [0.15, 0.2) is 12.4 Å². The Bertz CT molecular complexity index is 565. The third-order valence-corrected chi connectivity index (χ3v) is 2.75. The molecule has 2 heterocycles. The Labute approximate surface area is 111 Å². The second kappa shape index (κ2) is 5.66. The molecule has 0 bridgehead atoms. The first-order chi connectivity index (χ1) is 9.17. The number of nitrogens with zero attached hydrogens (tertiary/aromatic N) is 4. The first-order valence-electron chi connectivity index (χ1n) is 6.22. The van der Waals surface area contributed by atoms with E-state index in [2.05, 4.69) is 20.5 Å². The van der Waals surface area contributed by atoms with Gasteiger partial charge in [0, 0.05) is 13.0 Å². The molecular weight excluding hydrogens is 244 g/mol. The predicted octanol–water partition coefficient (Wildman–Crippen LogP) is 1.64. The van der Waals surface area contributed by atoms with Gasteiger partial charge in [0.05, 0.1) is 18.0 Å². The van der Waals surface area contributed by atoms with Gasteiger partial charge in [-0.05, 0) is 13.8 Å². The minimum absolute atomic E-state index is 0.496. The summed E-state index contributed by atoms with van der Waals surface area (Å²) in [5.41, 5.74) is 3.33. The molecule has 0 aliphatic carbocycles. The van der Waals surface area contributed by atoms with Crippen LogP contribution >= 0.6 is 0 Å². The third-order valence-electron chi connectivity index (χ3n) is 2.75. The van der Waals surface area contributed by atoms with Crippen LogP contribution in [-0.2, 0) is 13.0 Å². The average Bonchev–Trinajstić information content (AvgIpc) is 2.88. The maximum absolute atomic E-state index is 5.75. The highest BCUT2D eigenvalue weighted by Gasteiger charge is 2.12. The topological polar surface area (TPSA) is 90.9 Å². The number of anilines is 1. The Hall–Kier alpha value is -2.15. The Balaban J connectivity index is 2.32. The summed E-state index contributed by atoms with van der Waals surface area (Å²) >= 11 is 0. The van der Waals surface area contributed by atoms with Crippen LogP contribution in [0.4, 0.5) is 5.82 Å². The molecule has 2 aromatic heterocycles. The zero-order valence-electron chi connectivity index (χ0n) is 11.3. The zero-order chi connectivity index (χ0) is 13.8. The molecule has 2 aromatic rings. The van der Waals surface area contributed by atoms with E-state index in [1.54, 1.807) is 10.9 Å². The molecule has 3 N–H and O–H groups in total. The van der Waals surface area contributed by atoms with Gasteiger partial charge in [-0.25, -0.2) is 10.8 Å². The van der Waals surface area contributed by atoms with E-state index in [4.69, 9.17) is 10.6 Å². The van der Waals surface area contributed by atoms with Crippen molar-refractivity contribution in [1.29, 1.82) is 0 Å². The van der Waals surface area contributed by atoms with Crippen molar-refractivity contribution < 1.29 is 4.74 Å². The molecule has 0 aliphatic heterocycles. The number of hydrogen-bond donors (Lipinski definition) is 2. The van der Waals surface area contributed by atoms with Crippen molar-refractivity contribution in [2.24, 2.45) is 5.84 Å². The molecule has 0 amide bonds. The predicted molar refractivity (Wildman–Crippen MR) is 71.9 cm³/mol. The molecule has 0 spiro atoms. The van der Waals surface area contributed by atoms with Gasteiger partial charge in [0.15, 0.2) is 5.75 Å². The summed E-state index contributed by atoms with van der Waals surface area (Å²) in [5.74, 6) is 7.84. The lowest BCUT2D eigenvalue weighted by Gasteiger charge is -2.11. The van der Waals surface area contributed by atoms with Gasteiger partial charge >= 0.3 is 0 Å². The largest absolute Gasteiger partial charge is 0.435 e. The number of aromatic nitrogens is 4. The van der Waals surface area contributed by atoms with Gasteiger partial charge in [-0.2, -0.15) is 10.1 Å². The minimum Gasteiger partial charge on any atom is -0.435 e. The van der Waals surface area contributed by atoms with Crippen molar-refractivity contribution >= 4 is 5.82 Å². The van der Waals surface area contributed by atoms with Crippen LogP contribution in [0.5, 0.6) is 11.6 Å². The molecule has 0 fully saturated rings. The zero-order valence-corrected chi connectivity index (χ0v) is 11.3. The highest BCUT2D eigenvalue weighted by Crippen LogP contribution is 2.26. The summed E-state index contributed by atoms with van der Waals surface area (Å²) in [6, 6.07) is 0. The third kappa shape index (κ3) is 2.82. The number of hydrazine groups is 1. The molecule has 0 aromatic carbocycles. The van der Waals surface area contributed by atoms with Crippen molar-refractivity contribution in [3.05, 3.63) is 23.8 Å². The number of nitrogen functional groups attached to an aromatic ring is 1. The summed E-state index contributed by atoms with van der Waals surface area (Å²) in [4.78, 5) is 8.65. The number of ether oxygens (including phenoxy) is 1. The SMILES string of the molecule is CCc1nc(NN)c(C)c(Oc2cnn(CC)c2)n1. The highest BCUT2D eigenvalue weighted by molar-refractivity contribution is 5.48. The molecule has 0 saturated carbocycles. The van der Waals surface area contributed by atoms with Gasteiger partial charge < -0.3 is 10.2 Å². The summed E-state index contributed by atoms with van der Waals surface area (Å²) in [5, 5.41) is 4.15. The fourth-order valence-corrected chi connectivity index (χ4v) is 1.62. The van der Waals surface area contributed by atoms with Crippen LogP contribution in [0, 0.1) is 6.92 Å². The Morgan fingerprint density at radius 2 is 2.16 bits per heavy atom. The fraction of sp³-hybridized carbons (Fsp3) is 0.417. The average molecular weight is 262 g/mol. The van der Waals surface area contributed by atoms with E-state index >= 15 is 0 Å². The lowest BCUT2D eigenvalue weighted by Crippen LogP contribution is -2.13. The van der Waals surface area contributed by atoms with Gasteiger partial charge in [0.2, 0.25) is 5.88 Å². The summed E-state index contributed by atoms with van der Waals surface area (Å²) < 4.78 is 7.53.